The smallest absolute Gasteiger partial charge is 0.248 e. The maximum atomic E-state index is 11.9. The SMILES string of the molecule is CCC(C)C(=O)Nc1ccc(-c2nnc(-c3ccccc3)o2)cc1. The fraction of sp³-hybridized carbons (Fsp3) is 0.211. The molecular weight excluding hydrogens is 302 g/mol. The van der Waals surface area contributed by atoms with Gasteiger partial charge in [0.15, 0.2) is 0 Å². The van der Waals surface area contributed by atoms with Gasteiger partial charge in [-0.15, -0.1) is 10.2 Å². The summed E-state index contributed by atoms with van der Waals surface area (Å²) >= 11 is 0. The van der Waals surface area contributed by atoms with Gasteiger partial charge in [0.25, 0.3) is 0 Å². The molecule has 24 heavy (non-hydrogen) atoms. The van der Waals surface area contributed by atoms with E-state index in [0.717, 1.165) is 23.2 Å². The molecule has 5 nitrogen and oxygen atoms in total. The van der Waals surface area contributed by atoms with Crippen LogP contribution in [0.4, 0.5) is 5.69 Å². The third-order valence-corrected chi connectivity index (χ3v) is 3.91. The van der Waals surface area contributed by atoms with Gasteiger partial charge in [0.2, 0.25) is 17.7 Å². The molecule has 0 spiro atoms. The van der Waals surface area contributed by atoms with Gasteiger partial charge in [-0.2, -0.15) is 0 Å². The lowest BCUT2D eigenvalue weighted by Gasteiger charge is -2.09. The van der Waals surface area contributed by atoms with Crippen LogP contribution in [0.3, 0.4) is 0 Å². The Labute approximate surface area is 140 Å². The van der Waals surface area contributed by atoms with Crippen molar-refractivity contribution in [1.29, 1.82) is 0 Å². The predicted octanol–water partition coefficient (Wildman–Crippen LogP) is 4.39. The molecule has 0 saturated heterocycles. The highest BCUT2D eigenvalue weighted by atomic mass is 16.4. The monoisotopic (exact) mass is 321 g/mol. The molecule has 1 amide bonds. The number of nitrogens with zero attached hydrogens (tertiary/aromatic N) is 2. The van der Waals surface area contributed by atoms with Crippen molar-refractivity contribution in [2.75, 3.05) is 5.32 Å². The summed E-state index contributed by atoms with van der Waals surface area (Å²) in [5.41, 5.74) is 2.45. The lowest BCUT2D eigenvalue weighted by molar-refractivity contribution is -0.119. The van der Waals surface area contributed by atoms with Crippen LogP contribution in [0.5, 0.6) is 0 Å². The highest BCUT2D eigenvalue weighted by Crippen LogP contribution is 2.24. The first-order chi connectivity index (χ1) is 11.7. The van der Waals surface area contributed by atoms with Crippen molar-refractivity contribution in [3.8, 4) is 22.9 Å². The summed E-state index contributed by atoms with van der Waals surface area (Å²) in [6.45, 7) is 3.90. The predicted molar refractivity (Wildman–Crippen MR) is 93.3 cm³/mol. The number of hydrogen-bond acceptors (Lipinski definition) is 4. The van der Waals surface area contributed by atoms with E-state index >= 15 is 0 Å². The molecule has 0 aliphatic heterocycles. The largest absolute Gasteiger partial charge is 0.416 e. The fourth-order valence-electron chi connectivity index (χ4n) is 2.18. The van der Waals surface area contributed by atoms with Gasteiger partial charge in [-0.1, -0.05) is 32.0 Å². The van der Waals surface area contributed by atoms with E-state index in [-0.39, 0.29) is 11.8 Å². The van der Waals surface area contributed by atoms with E-state index in [9.17, 15) is 4.79 Å². The maximum Gasteiger partial charge on any atom is 0.248 e. The van der Waals surface area contributed by atoms with Crippen molar-refractivity contribution in [3.05, 3.63) is 54.6 Å². The number of aromatic nitrogens is 2. The highest BCUT2D eigenvalue weighted by molar-refractivity contribution is 5.92. The number of carbonyl (C=O) groups is 1. The second-order valence-corrected chi connectivity index (χ2v) is 5.65. The molecule has 1 atom stereocenters. The molecular formula is C19H19N3O2. The van der Waals surface area contributed by atoms with Crippen LogP contribution >= 0.6 is 0 Å². The number of amides is 1. The molecule has 3 rings (SSSR count). The first-order valence-electron chi connectivity index (χ1n) is 7.97. The van der Waals surface area contributed by atoms with Gasteiger partial charge in [0.05, 0.1) is 0 Å². The van der Waals surface area contributed by atoms with E-state index in [1.54, 1.807) is 0 Å². The Morgan fingerprint density at radius 3 is 2.17 bits per heavy atom. The first-order valence-corrected chi connectivity index (χ1v) is 7.97. The molecule has 1 unspecified atom stereocenters. The molecule has 0 saturated carbocycles. The second kappa shape index (κ2) is 7.08. The van der Waals surface area contributed by atoms with E-state index in [1.807, 2.05) is 68.4 Å². The topological polar surface area (TPSA) is 68.0 Å². The van der Waals surface area contributed by atoms with E-state index in [0.29, 0.717) is 11.8 Å². The van der Waals surface area contributed by atoms with Crippen LogP contribution in [0.2, 0.25) is 0 Å². The van der Waals surface area contributed by atoms with Gasteiger partial charge < -0.3 is 9.73 Å². The molecule has 122 valence electrons. The molecule has 5 heteroatoms. The van der Waals surface area contributed by atoms with Crippen molar-refractivity contribution in [2.24, 2.45) is 5.92 Å². The Kier molecular flexibility index (Phi) is 4.70. The Morgan fingerprint density at radius 2 is 1.58 bits per heavy atom. The van der Waals surface area contributed by atoms with Gasteiger partial charge in [-0.05, 0) is 42.8 Å². The summed E-state index contributed by atoms with van der Waals surface area (Å²) < 4.78 is 5.72. The van der Waals surface area contributed by atoms with E-state index in [1.165, 1.54) is 0 Å². The van der Waals surface area contributed by atoms with Crippen molar-refractivity contribution in [3.63, 3.8) is 0 Å². The number of anilines is 1. The molecule has 2 aromatic carbocycles. The Hall–Kier alpha value is -2.95. The summed E-state index contributed by atoms with van der Waals surface area (Å²) in [7, 11) is 0. The fourth-order valence-corrected chi connectivity index (χ4v) is 2.18. The molecule has 3 aromatic rings. The minimum atomic E-state index is -0.00551. The van der Waals surface area contributed by atoms with E-state index in [4.69, 9.17) is 4.42 Å². The van der Waals surface area contributed by atoms with Gasteiger partial charge in [-0.25, -0.2) is 0 Å². The molecule has 0 aliphatic carbocycles. The quantitative estimate of drug-likeness (QED) is 0.757. The second-order valence-electron chi connectivity index (χ2n) is 5.65. The van der Waals surface area contributed by atoms with Crippen LogP contribution in [-0.4, -0.2) is 16.1 Å². The Morgan fingerprint density at radius 1 is 1.00 bits per heavy atom. The van der Waals surface area contributed by atoms with Crippen LogP contribution in [0.25, 0.3) is 22.9 Å². The van der Waals surface area contributed by atoms with Crippen molar-refractivity contribution < 1.29 is 9.21 Å². The third-order valence-electron chi connectivity index (χ3n) is 3.91. The summed E-state index contributed by atoms with van der Waals surface area (Å²) in [5, 5.41) is 11.1. The minimum absolute atomic E-state index is 0.00551. The third kappa shape index (κ3) is 3.51. The number of benzene rings is 2. The van der Waals surface area contributed by atoms with Gasteiger partial charge >= 0.3 is 0 Å². The Bertz CT molecular complexity index is 810. The normalized spacial score (nSPS) is 11.9. The average Bonchev–Trinajstić information content (AvgIpc) is 3.12. The van der Waals surface area contributed by atoms with Crippen LogP contribution in [-0.2, 0) is 4.79 Å². The summed E-state index contributed by atoms with van der Waals surface area (Å²) in [6.07, 6.45) is 0.814. The molecule has 1 aromatic heterocycles. The van der Waals surface area contributed by atoms with Gasteiger partial charge in [-0.3, -0.25) is 4.79 Å². The summed E-state index contributed by atoms with van der Waals surface area (Å²) in [6, 6.07) is 17.0. The molecule has 0 aliphatic rings. The molecule has 1 heterocycles. The van der Waals surface area contributed by atoms with Crippen LogP contribution in [0.1, 0.15) is 20.3 Å². The van der Waals surface area contributed by atoms with E-state index < -0.39 is 0 Å². The highest BCUT2D eigenvalue weighted by Gasteiger charge is 2.12. The van der Waals surface area contributed by atoms with E-state index in [2.05, 4.69) is 15.5 Å². The average molecular weight is 321 g/mol. The molecule has 0 bridgehead atoms. The molecule has 1 N–H and O–H groups in total. The number of nitrogens with one attached hydrogen (secondary N) is 1. The zero-order chi connectivity index (χ0) is 16.9. The number of carbonyl (C=O) groups excluding carboxylic acids is 1. The van der Waals surface area contributed by atoms with Gasteiger partial charge in [0, 0.05) is 22.7 Å². The zero-order valence-electron chi connectivity index (χ0n) is 13.7. The first kappa shape index (κ1) is 15.9. The van der Waals surface area contributed by atoms with Crippen LogP contribution < -0.4 is 5.32 Å². The van der Waals surface area contributed by atoms with Crippen molar-refractivity contribution in [2.45, 2.75) is 20.3 Å². The minimum Gasteiger partial charge on any atom is -0.416 e. The lowest BCUT2D eigenvalue weighted by atomic mass is 10.1. The van der Waals surface area contributed by atoms with Crippen LogP contribution in [0, 0.1) is 5.92 Å². The number of hydrogen-bond donors (Lipinski definition) is 1. The standard InChI is InChI=1S/C19H19N3O2/c1-3-13(2)17(23)20-16-11-9-15(10-12-16)19-22-21-18(24-19)14-7-5-4-6-8-14/h4-13H,3H2,1-2H3,(H,20,23). The Balaban J connectivity index is 1.75. The van der Waals surface area contributed by atoms with Gasteiger partial charge in [0.1, 0.15) is 0 Å². The lowest BCUT2D eigenvalue weighted by Crippen LogP contribution is -2.19. The number of rotatable bonds is 5. The maximum absolute atomic E-state index is 11.9. The zero-order valence-corrected chi connectivity index (χ0v) is 13.7. The summed E-state index contributed by atoms with van der Waals surface area (Å²) in [5.74, 6) is 0.955. The molecule has 0 radical (unpaired) electrons. The summed E-state index contributed by atoms with van der Waals surface area (Å²) in [4.78, 5) is 11.9. The van der Waals surface area contributed by atoms with Crippen molar-refractivity contribution >= 4 is 11.6 Å². The van der Waals surface area contributed by atoms with Crippen molar-refractivity contribution in [1.82, 2.24) is 10.2 Å². The van der Waals surface area contributed by atoms with Crippen LogP contribution in [0.15, 0.2) is 59.0 Å². The molecule has 0 fully saturated rings.